The van der Waals surface area contributed by atoms with Crippen molar-refractivity contribution >= 4 is 29.9 Å². The SMILES string of the molecule is CCNC(=NCC1(c2ccccc2)CCOCC1)NCC(O)c1ccc(OC(F)F)cc1.I. The van der Waals surface area contributed by atoms with E-state index < -0.39 is 12.7 Å². The number of aliphatic imine (C=N–C) groups is 1. The highest BCUT2D eigenvalue weighted by molar-refractivity contribution is 14.0. The molecule has 1 heterocycles. The predicted molar refractivity (Wildman–Crippen MR) is 136 cm³/mol. The van der Waals surface area contributed by atoms with E-state index in [4.69, 9.17) is 9.73 Å². The first-order chi connectivity index (χ1) is 15.5. The normalized spacial score (nSPS) is 16.6. The number of ether oxygens (including phenoxy) is 2. The Balaban J connectivity index is 0.00000385. The predicted octanol–water partition coefficient (Wildman–Crippen LogP) is 4.24. The largest absolute Gasteiger partial charge is 0.435 e. The molecule has 0 radical (unpaired) electrons. The van der Waals surface area contributed by atoms with E-state index in [0.717, 1.165) is 12.8 Å². The molecule has 9 heteroatoms. The molecule has 0 aromatic heterocycles. The summed E-state index contributed by atoms with van der Waals surface area (Å²) in [4.78, 5) is 4.82. The van der Waals surface area contributed by atoms with Crippen LogP contribution in [-0.4, -0.2) is 50.5 Å². The second-order valence-electron chi connectivity index (χ2n) is 7.80. The number of nitrogens with one attached hydrogen (secondary N) is 2. The van der Waals surface area contributed by atoms with Crippen molar-refractivity contribution in [1.29, 1.82) is 0 Å². The Kier molecular flexibility index (Phi) is 11.3. The first kappa shape index (κ1) is 27.3. The summed E-state index contributed by atoms with van der Waals surface area (Å²) < 4.78 is 34.5. The molecule has 1 fully saturated rings. The maximum atomic E-state index is 12.3. The molecular formula is C24H32F2IN3O3. The number of nitrogens with zero attached hydrogens (tertiary/aromatic N) is 1. The molecule has 2 aromatic rings. The molecule has 1 unspecified atom stereocenters. The van der Waals surface area contributed by atoms with Gasteiger partial charge in [-0.15, -0.1) is 24.0 Å². The van der Waals surface area contributed by atoms with Crippen LogP contribution in [0.3, 0.4) is 0 Å². The van der Waals surface area contributed by atoms with Crippen molar-refractivity contribution in [2.24, 2.45) is 4.99 Å². The minimum Gasteiger partial charge on any atom is -0.435 e. The zero-order valence-corrected chi connectivity index (χ0v) is 21.0. The monoisotopic (exact) mass is 575 g/mol. The van der Waals surface area contributed by atoms with Gasteiger partial charge in [-0.1, -0.05) is 42.5 Å². The zero-order chi connectivity index (χ0) is 22.8. The summed E-state index contributed by atoms with van der Waals surface area (Å²) in [6.45, 7) is 2.03. The molecular weight excluding hydrogens is 543 g/mol. The quantitative estimate of drug-likeness (QED) is 0.237. The number of alkyl halides is 2. The number of rotatable bonds is 9. The zero-order valence-electron chi connectivity index (χ0n) is 18.7. The molecule has 1 aliphatic heterocycles. The minimum atomic E-state index is -2.87. The van der Waals surface area contributed by atoms with Crippen molar-refractivity contribution in [3.63, 3.8) is 0 Å². The lowest BCUT2D eigenvalue weighted by molar-refractivity contribution is -0.0498. The van der Waals surface area contributed by atoms with Gasteiger partial charge in [0.1, 0.15) is 5.75 Å². The van der Waals surface area contributed by atoms with Gasteiger partial charge in [0, 0.05) is 31.7 Å². The van der Waals surface area contributed by atoms with Crippen LogP contribution in [0, 0.1) is 0 Å². The van der Waals surface area contributed by atoms with E-state index in [-0.39, 0.29) is 41.7 Å². The van der Waals surface area contributed by atoms with Gasteiger partial charge >= 0.3 is 6.61 Å². The van der Waals surface area contributed by atoms with Crippen molar-refractivity contribution in [1.82, 2.24) is 10.6 Å². The fourth-order valence-electron chi connectivity index (χ4n) is 3.85. The molecule has 0 spiro atoms. The highest BCUT2D eigenvalue weighted by Gasteiger charge is 2.34. The van der Waals surface area contributed by atoms with Gasteiger partial charge in [-0.05, 0) is 43.0 Å². The van der Waals surface area contributed by atoms with Crippen molar-refractivity contribution in [3.05, 3.63) is 65.7 Å². The molecule has 0 bridgehead atoms. The fraction of sp³-hybridized carbons (Fsp3) is 0.458. The summed E-state index contributed by atoms with van der Waals surface area (Å²) in [5.74, 6) is 0.674. The van der Waals surface area contributed by atoms with Crippen LogP contribution in [-0.2, 0) is 10.2 Å². The molecule has 0 amide bonds. The summed E-state index contributed by atoms with van der Waals surface area (Å²) in [6.07, 6.45) is 0.969. The van der Waals surface area contributed by atoms with Gasteiger partial charge < -0.3 is 25.2 Å². The molecule has 2 aromatic carbocycles. The average Bonchev–Trinajstić information content (AvgIpc) is 2.82. The number of aliphatic hydroxyl groups is 1. The number of guanidine groups is 1. The van der Waals surface area contributed by atoms with Crippen molar-refractivity contribution in [2.45, 2.75) is 37.9 Å². The van der Waals surface area contributed by atoms with Crippen molar-refractivity contribution in [2.75, 3.05) is 32.8 Å². The maximum absolute atomic E-state index is 12.3. The third-order valence-electron chi connectivity index (χ3n) is 5.67. The molecule has 1 aliphatic rings. The maximum Gasteiger partial charge on any atom is 0.387 e. The topological polar surface area (TPSA) is 75.1 Å². The Morgan fingerprint density at radius 2 is 1.76 bits per heavy atom. The van der Waals surface area contributed by atoms with E-state index in [1.165, 1.54) is 17.7 Å². The van der Waals surface area contributed by atoms with Gasteiger partial charge in [0.15, 0.2) is 5.96 Å². The molecule has 182 valence electrons. The van der Waals surface area contributed by atoms with Crippen LogP contribution in [0.5, 0.6) is 5.75 Å². The van der Waals surface area contributed by atoms with E-state index in [2.05, 4.69) is 27.5 Å². The molecule has 1 saturated heterocycles. The van der Waals surface area contributed by atoms with Crippen LogP contribution >= 0.6 is 24.0 Å². The molecule has 3 rings (SSSR count). The highest BCUT2D eigenvalue weighted by Crippen LogP contribution is 2.35. The van der Waals surface area contributed by atoms with Gasteiger partial charge in [-0.2, -0.15) is 8.78 Å². The fourth-order valence-corrected chi connectivity index (χ4v) is 3.85. The number of aliphatic hydroxyl groups excluding tert-OH is 1. The lowest BCUT2D eigenvalue weighted by Gasteiger charge is -2.36. The summed E-state index contributed by atoms with van der Waals surface area (Å²) in [5, 5.41) is 16.9. The third kappa shape index (κ3) is 8.08. The Morgan fingerprint density at radius 3 is 2.36 bits per heavy atom. The molecule has 1 atom stereocenters. The van der Waals surface area contributed by atoms with Crippen molar-refractivity contribution in [3.8, 4) is 5.75 Å². The molecule has 0 saturated carbocycles. The van der Waals surface area contributed by atoms with Crippen LogP contribution in [0.25, 0.3) is 0 Å². The second kappa shape index (κ2) is 13.7. The van der Waals surface area contributed by atoms with Gasteiger partial charge in [-0.25, -0.2) is 0 Å². The van der Waals surface area contributed by atoms with Crippen LogP contribution in [0.15, 0.2) is 59.6 Å². The molecule has 3 N–H and O–H groups in total. The molecule has 33 heavy (non-hydrogen) atoms. The van der Waals surface area contributed by atoms with E-state index in [1.807, 2.05) is 25.1 Å². The Bertz CT molecular complexity index is 848. The van der Waals surface area contributed by atoms with E-state index in [1.54, 1.807) is 12.1 Å². The third-order valence-corrected chi connectivity index (χ3v) is 5.67. The van der Waals surface area contributed by atoms with E-state index in [0.29, 0.717) is 37.8 Å². The van der Waals surface area contributed by atoms with Crippen LogP contribution in [0.4, 0.5) is 8.78 Å². The number of hydrogen-bond donors (Lipinski definition) is 3. The lowest BCUT2D eigenvalue weighted by atomic mass is 9.74. The Morgan fingerprint density at radius 1 is 1.09 bits per heavy atom. The number of hydrogen-bond acceptors (Lipinski definition) is 4. The van der Waals surface area contributed by atoms with E-state index in [9.17, 15) is 13.9 Å². The van der Waals surface area contributed by atoms with Gasteiger partial charge in [0.25, 0.3) is 0 Å². The van der Waals surface area contributed by atoms with Gasteiger partial charge in [-0.3, -0.25) is 4.99 Å². The number of halogens is 3. The Labute approximate surface area is 210 Å². The summed E-state index contributed by atoms with van der Waals surface area (Å²) in [7, 11) is 0. The standard InChI is InChI=1S/C24H31F2N3O3.HI/c1-2-27-23(28-16-21(30)18-8-10-20(11-9-18)32-22(25)26)29-17-24(12-14-31-15-13-24)19-6-4-3-5-7-19;/h3-11,21-22,30H,2,12-17H2,1H3,(H2,27,28,29);1H. The summed E-state index contributed by atoms with van der Waals surface area (Å²) >= 11 is 0. The van der Waals surface area contributed by atoms with Gasteiger partial charge in [0.2, 0.25) is 0 Å². The van der Waals surface area contributed by atoms with Crippen LogP contribution < -0.4 is 15.4 Å². The molecule has 6 nitrogen and oxygen atoms in total. The minimum absolute atomic E-state index is 0. The first-order valence-electron chi connectivity index (χ1n) is 10.9. The smallest absolute Gasteiger partial charge is 0.387 e. The highest BCUT2D eigenvalue weighted by atomic mass is 127. The van der Waals surface area contributed by atoms with Crippen LogP contribution in [0.2, 0.25) is 0 Å². The molecule has 0 aliphatic carbocycles. The summed E-state index contributed by atoms with van der Waals surface area (Å²) in [5.41, 5.74) is 1.77. The van der Waals surface area contributed by atoms with Gasteiger partial charge in [0.05, 0.1) is 12.6 Å². The first-order valence-corrected chi connectivity index (χ1v) is 10.9. The number of benzene rings is 2. The van der Waals surface area contributed by atoms with Crippen molar-refractivity contribution < 1.29 is 23.4 Å². The average molecular weight is 575 g/mol. The summed E-state index contributed by atoms with van der Waals surface area (Å²) in [6, 6.07) is 16.4. The van der Waals surface area contributed by atoms with Crippen LogP contribution in [0.1, 0.15) is 37.0 Å². The lowest BCUT2D eigenvalue weighted by Crippen LogP contribution is -2.42. The van der Waals surface area contributed by atoms with E-state index >= 15 is 0 Å². The Hall–Kier alpha value is -1.98. The second-order valence-corrected chi connectivity index (χ2v) is 7.80.